The Bertz CT molecular complexity index is 947. The highest BCUT2D eigenvalue weighted by atomic mass is 16.2. The number of aromatic amines is 1. The van der Waals surface area contributed by atoms with E-state index >= 15 is 0 Å². The van der Waals surface area contributed by atoms with Crippen LogP contribution in [0.1, 0.15) is 48.6 Å². The van der Waals surface area contributed by atoms with Gasteiger partial charge in [-0.15, -0.1) is 0 Å². The van der Waals surface area contributed by atoms with Crippen molar-refractivity contribution < 1.29 is 9.59 Å². The third-order valence-electron chi connectivity index (χ3n) is 5.50. The predicted molar refractivity (Wildman–Crippen MR) is 114 cm³/mol. The Kier molecular flexibility index (Phi) is 6.52. The van der Waals surface area contributed by atoms with Gasteiger partial charge in [-0.2, -0.15) is 0 Å². The first-order chi connectivity index (χ1) is 13.9. The lowest BCUT2D eigenvalue weighted by atomic mass is 10.1. The molecule has 0 unspecified atom stereocenters. The zero-order chi connectivity index (χ0) is 21.0. The Morgan fingerprint density at radius 1 is 1.21 bits per heavy atom. The molecule has 6 heteroatoms. The van der Waals surface area contributed by atoms with Crippen LogP contribution < -0.4 is 15.8 Å². The van der Waals surface area contributed by atoms with E-state index in [0.29, 0.717) is 12.1 Å². The first kappa shape index (κ1) is 20.8. The fourth-order valence-corrected chi connectivity index (χ4v) is 3.78. The van der Waals surface area contributed by atoms with E-state index in [4.69, 9.17) is 0 Å². The van der Waals surface area contributed by atoms with Crippen molar-refractivity contribution in [2.24, 2.45) is 5.92 Å². The standard InChI is InChI=1S/C23H29N3O3/c1-4-5-6-17-7-9-19(10-8-17)26-14-18(12-21(26)27)22(28)24-13-20-15(2)11-16(3)25-23(20)29/h7-11,18H,4-6,12-14H2,1-3H3,(H,24,28)(H,25,29)/t18-/m1/s1. The van der Waals surface area contributed by atoms with Crippen LogP contribution in [-0.4, -0.2) is 23.3 Å². The average Bonchev–Trinajstić information content (AvgIpc) is 3.07. The van der Waals surface area contributed by atoms with Crippen LogP contribution in [0.3, 0.4) is 0 Å². The van der Waals surface area contributed by atoms with E-state index in [-0.39, 0.29) is 30.3 Å². The minimum absolute atomic E-state index is 0.0455. The van der Waals surface area contributed by atoms with Crippen molar-refractivity contribution in [3.63, 3.8) is 0 Å². The minimum Gasteiger partial charge on any atom is -0.351 e. The maximum atomic E-state index is 12.6. The minimum atomic E-state index is -0.410. The predicted octanol–water partition coefficient (Wildman–Crippen LogP) is 3.00. The molecule has 1 fully saturated rings. The Labute approximate surface area is 171 Å². The molecule has 1 aromatic carbocycles. The van der Waals surface area contributed by atoms with Gasteiger partial charge in [-0.3, -0.25) is 14.4 Å². The van der Waals surface area contributed by atoms with Crippen molar-refractivity contribution >= 4 is 17.5 Å². The average molecular weight is 396 g/mol. The normalized spacial score (nSPS) is 16.3. The molecule has 0 radical (unpaired) electrons. The van der Waals surface area contributed by atoms with Crippen LogP contribution in [0.25, 0.3) is 0 Å². The lowest BCUT2D eigenvalue weighted by molar-refractivity contribution is -0.126. The van der Waals surface area contributed by atoms with E-state index in [9.17, 15) is 14.4 Å². The summed E-state index contributed by atoms with van der Waals surface area (Å²) >= 11 is 0. The number of nitrogens with one attached hydrogen (secondary N) is 2. The van der Waals surface area contributed by atoms with E-state index in [1.165, 1.54) is 5.56 Å². The molecule has 0 aliphatic carbocycles. The molecule has 1 atom stereocenters. The van der Waals surface area contributed by atoms with E-state index < -0.39 is 5.92 Å². The van der Waals surface area contributed by atoms with Crippen molar-refractivity contribution in [3.05, 3.63) is 63.1 Å². The summed E-state index contributed by atoms with van der Waals surface area (Å²) in [7, 11) is 0. The number of unbranched alkanes of at least 4 members (excludes halogenated alkanes) is 1. The summed E-state index contributed by atoms with van der Waals surface area (Å²) in [5.41, 5.74) is 4.09. The molecule has 0 bridgehead atoms. The number of carbonyl (C=O) groups is 2. The van der Waals surface area contributed by atoms with E-state index in [1.807, 2.05) is 32.0 Å². The maximum Gasteiger partial charge on any atom is 0.253 e. The molecule has 2 N–H and O–H groups in total. The summed E-state index contributed by atoms with van der Waals surface area (Å²) in [4.78, 5) is 41.6. The zero-order valence-corrected chi connectivity index (χ0v) is 17.4. The molecule has 154 valence electrons. The van der Waals surface area contributed by atoms with Crippen molar-refractivity contribution in [3.8, 4) is 0 Å². The third-order valence-corrected chi connectivity index (χ3v) is 5.50. The summed E-state index contributed by atoms with van der Waals surface area (Å²) < 4.78 is 0. The van der Waals surface area contributed by atoms with Crippen LogP contribution in [-0.2, 0) is 22.6 Å². The Balaban J connectivity index is 1.61. The monoisotopic (exact) mass is 395 g/mol. The second kappa shape index (κ2) is 9.07. The first-order valence-electron chi connectivity index (χ1n) is 10.3. The fourth-order valence-electron chi connectivity index (χ4n) is 3.78. The molecule has 6 nitrogen and oxygen atoms in total. The van der Waals surface area contributed by atoms with Gasteiger partial charge in [-0.25, -0.2) is 0 Å². The van der Waals surface area contributed by atoms with Gasteiger partial charge in [-0.1, -0.05) is 25.5 Å². The number of carbonyl (C=O) groups excluding carboxylic acids is 2. The van der Waals surface area contributed by atoms with E-state index in [1.54, 1.807) is 4.90 Å². The largest absolute Gasteiger partial charge is 0.351 e. The number of amides is 2. The van der Waals surface area contributed by atoms with Gasteiger partial charge in [0.25, 0.3) is 5.56 Å². The summed E-state index contributed by atoms with van der Waals surface area (Å²) in [6, 6.07) is 9.90. The number of hydrogen-bond acceptors (Lipinski definition) is 3. The highest BCUT2D eigenvalue weighted by Gasteiger charge is 2.35. The zero-order valence-electron chi connectivity index (χ0n) is 17.4. The van der Waals surface area contributed by atoms with Crippen LogP contribution in [0.15, 0.2) is 35.1 Å². The molecule has 2 aromatic rings. The highest BCUT2D eigenvalue weighted by molar-refractivity contribution is 6.00. The Morgan fingerprint density at radius 3 is 2.59 bits per heavy atom. The number of hydrogen-bond donors (Lipinski definition) is 2. The molecule has 1 aromatic heterocycles. The molecule has 3 rings (SSSR count). The Hall–Kier alpha value is -2.89. The fraction of sp³-hybridized carbons (Fsp3) is 0.435. The van der Waals surface area contributed by atoms with Gasteiger partial charge in [0.1, 0.15) is 0 Å². The number of H-pyrrole nitrogens is 1. The molecule has 0 saturated carbocycles. The highest BCUT2D eigenvalue weighted by Crippen LogP contribution is 2.26. The van der Waals surface area contributed by atoms with Gasteiger partial charge < -0.3 is 15.2 Å². The lowest BCUT2D eigenvalue weighted by Gasteiger charge is -2.17. The number of anilines is 1. The first-order valence-corrected chi connectivity index (χ1v) is 10.3. The van der Waals surface area contributed by atoms with Crippen molar-refractivity contribution in [2.45, 2.75) is 53.0 Å². The van der Waals surface area contributed by atoms with Gasteiger partial charge in [0.15, 0.2) is 0 Å². The molecular weight excluding hydrogens is 366 g/mol. The van der Waals surface area contributed by atoms with Gasteiger partial charge in [0.05, 0.1) is 5.92 Å². The molecule has 0 spiro atoms. The SMILES string of the molecule is CCCCc1ccc(N2C[C@H](C(=O)NCc3c(C)cc(C)[nH]c3=O)CC2=O)cc1. The number of pyridine rings is 1. The molecule has 1 aliphatic rings. The van der Waals surface area contributed by atoms with Crippen LogP contribution >= 0.6 is 0 Å². The maximum absolute atomic E-state index is 12.6. The number of rotatable bonds is 7. The van der Waals surface area contributed by atoms with Crippen molar-refractivity contribution in [1.29, 1.82) is 0 Å². The number of aromatic nitrogens is 1. The van der Waals surface area contributed by atoms with Gasteiger partial charge >= 0.3 is 0 Å². The molecule has 2 heterocycles. The Morgan fingerprint density at radius 2 is 1.93 bits per heavy atom. The second-order valence-electron chi connectivity index (χ2n) is 7.84. The van der Waals surface area contributed by atoms with Crippen LogP contribution in [0.5, 0.6) is 0 Å². The van der Waals surface area contributed by atoms with Crippen molar-refractivity contribution in [1.82, 2.24) is 10.3 Å². The van der Waals surface area contributed by atoms with Gasteiger partial charge in [-0.05, 0) is 56.0 Å². The van der Waals surface area contributed by atoms with Crippen LogP contribution in [0.2, 0.25) is 0 Å². The molecule has 1 saturated heterocycles. The van der Waals surface area contributed by atoms with Gasteiger partial charge in [0, 0.05) is 36.5 Å². The topological polar surface area (TPSA) is 82.3 Å². The second-order valence-corrected chi connectivity index (χ2v) is 7.84. The molecule has 29 heavy (non-hydrogen) atoms. The number of nitrogens with zero attached hydrogens (tertiary/aromatic N) is 1. The van der Waals surface area contributed by atoms with Crippen LogP contribution in [0, 0.1) is 19.8 Å². The summed E-state index contributed by atoms with van der Waals surface area (Å²) in [5, 5.41) is 2.83. The quantitative estimate of drug-likeness (QED) is 0.756. The molecule has 2 amide bonds. The smallest absolute Gasteiger partial charge is 0.253 e. The molecular formula is C23H29N3O3. The van der Waals surface area contributed by atoms with Crippen molar-refractivity contribution in [2.75, 3.05) is 11.4 Å². The summed E-state index contributed by atoms with van der Waals surface area (Å²) in [5.74, 6) is -0.650. The summed E-state index contributed by atoms with van der Waals surface area (Å²) in [6.45, 7) is 6.37. The summed E-state index contributed by atoms with van der Waals surface area (Å²) in [6.07, 6.45) is 3.52. The molecule has 1 aliphatic heterocycles. The van der Waals surface area contributed by atoms with E-state index in [2.05, 4.69) is 29.4 Å². The third kappa shape index (κ3) is 4.94. The number of aryl methyl sites for hydroxylation is 3. The van der Waals surface area contributed by atoms with Gasteiger partial charge in [0.2, 0.25) is 11.8 Å². The number of benzene rings is 1. The lowest BCUT2D eigenvalue weighted by Crippen LogP contribution is -2.34. The van der Waals surface area contributed by atoms with E-state index in [0.717, 1.165) is 36.2 Å². The van der Waals surface area contributed by atoms with Crippen LogP contribution in [0.4, 0.5) is 5.69 Å².